The van der Waals surface area contributed by atoms with E-state index in [-0.39, 0.29) is 6.10 Å². The van der Waals surface area contributed by atoms with Gasteiger partial charge in [-0.05, 0) is 35.2 Å². The number of aliphatic hydroxyl groups is 1. The predicted molar refractivity (Wildman–Crippen MR) is 53.1 cm³/mol. The van der Waals surface area contributed by atoms with Crippen molar-refractivity contribution < 1.29 is 9.84 Å². The van der Waals surface area contributed by atoms with Crippen molar-refractivity contribution in [3.8, 4) is 0 Å². The lowest BCUT2D eigenvalue weighted by Gasteiger charge is -2.11. The smallest absolute Gasteiger partial charge is 0.0826 e. The Kier molecular flexibility index (Phi) is 2.67. The lowest BCUT2D eigenvalue weighted by Crippen LogP contribution is -2.19. The molecule has 1 aromatic heterocycles. The van der Waals surface area contributed by atoms with Crippen LogP contribution >= 0.6 is 11.3 Å². The summed E-state index contributed by atoms with van der Waals surface area (Å²) in [5.41, 5.74) is 2.70. The van der Waals surface area contributed by atoms with Crippen LogP contribution in [-0.2, 0) is 11.2 Å². The maximum Gasteiger partial charge on any atom is 0.0826 e. The van der Waals surface area contributed by atoms with Crippen molar-refractivity contribution in [1.82, 2.24) is 0 Å². The van der Waals surface area contributed by atoms with E-state index in [1.807, 2.05) is 0 Å². The molecule has 0 saturated carbocycles. The molecule has 72 valence electrons. The number of rotatable bonds is 2. The van der Waals surface area contributed by atoms with Gasteiger partial charge in [-0.3, -0.25) is 0 Å². The van der Waals surface area contributed by atoms with Crippen LogP contribution in [-0.4, -0.2) is 24.4 Å². The minimum absolute atomic E-state index is 0.265. The summed E-state index contributed by atoms with van der Waals surface area (Å²) < 4.78 is 5.21. The van der Waals surface area contributed by atoms with E-state index >= 15 is 0 Å². The van der Waals surface area contributed by atoms with Crippen molar-refractivity contribution in [3.63, 3.8) is 0 Å². The first-order chi connectivity index (χ1) is 6.27. The van der Waals surface area contributed by atoms with E-state index in [1.165, 1.54) is 11.1 Å². The lowest BCUT2D eigenvalue weighted by atomic mass is 9.97. The van der Waals surface area contributed by atoms with Gasteiger partial charge in [0.15, 0.2) is 0 Å². The van der Waals surface area contributed by atoms with Gasteiger partial charge in [0.25, 0.3) is 0 Å². The van der Waals surface area contributed by atoms with Gasteiger partial charge in [-0.15, -0.1) is 0 Å². The summed E-state index contributed by atoms with van der Waals surface area (Å²) in [6.45, 7) is 3.33. The standard InChI is InChI=1S/C10H14O2S/c1-7-5-13-6-9(7)2-8-3-12-4-10(8)11/h5-6,8,10-11H,2-4H2,1H3. The summed E-state index contributed by atoms with van der Waals surface area (Å²) in [6, 6.07) is 0. The van der Waals surface area contributed by atoms with Crippen LogP contribution in [0, 0.1) is 12.8 Å². The molecule has 0 amide bonds. The second kappa shape index (κ2) is 3.78. The molecule has 3 heteroatoms. The van der Waals surface area contributed by atoms with Gasteiger partial charge in [0.2, 0.25) is 0 Å². The first kappa shape index (κ1) is 9.19. The second-order valence-electron chi connectivity index (χ2n) is 3.65. The zero-order valence-electron chi connectivity index (χ0n) is 7.69. The molecule has 1 aliphatic rings. The molecule has 2 atom stereocenters. The predicted octanol–water partition coefficient (Wildman–Crippen LogP) is 1.61. The number of thiophene rings is 1. The fourth-order valence-corrected chi connectivity index (χ4v) is 2.53. The van der Waals surface area contributed by atoms with Gasteiger partial charge in [-0.25, -0.2) is 0 Å². The zero-order valence-corrected chi connectivity index (χ0v) is 8.51. The van der Waals surface area contributed by atoms with E-state index < -0.39 is 0 Å². The molecule has 0 aromatic carbocycles. The maximum absolute atomic E-state index is 9.56. The van der Waals surface area contributed by atoms with Gasteiger partial charge < -0.3 is 9.84 Å². The van der Waals surface area contributed by atoms with E-state index in [2.05, 4.69) is 17.7 Å². The normalized spacial score (nSPS) is 28.2. The number of hydrogen-bond donors (Lipinski definition) is 1. The molecule has 1 fully saturated rings. The minimum Gasteiger partial charge on any atom is -0.390 e. The molecule has 1 N–H and O–H groups in total. The van der Waals surface area contributed by atoms with Gasteiger partial charge in [0, 0.05) is 5.92 Å². The molecule has 2 unspecified atom stereocenters. The molecule has 1 aliphatic heterocycles. The molecular weight excluding hydrogens is 184 g/mol. The van der Waals surface area contributed by atoms with Gasteiger partial charge in [0.05, 0.1) is 19.3 Å². The summed E-state index contributed by atoms with van der Waals surface area (Å²) in [7, 11) is 0. The topological polar surface area (TPSA) is 29.5 Å². The Morgan fingerprint density at radius 1 is 1.54 bits per heavy atom. The fourth-order valence-electron chi connectivity index (χ4n) is 1.66. The fraction of sp³-hybridized carbons (Fsp3) is 0.600. The number of aryl methyl sites for hydroxylation is 1. The SMILES string of the molecule is Cc1cscc1CC1COCC1O. The molecule has 2 nitrogen and oxygen atoms in total. The van der Waals surface area contributed by atoms with E-state index in [1.54, 1.807) is 11.3 Å². The van der Waals surface area contributed by atoms with Crippen LogP contribution in [0.5, 0.6) is 0 Å². The molecule has 13 heavy (non-hydrogen) atoms. The third-order valence-corrected chi connectivity index (χ3v) is 3.52. The zero-order chi connectivity index (χ0) is 9.26. The summed E-state index contributed by atoms with van der Waals surface area (Å²) in [6.07, 6.45) is 0.690. The van der Waals surface area contributed by atoms with Crippen LogP contribution in [0.4, 0.5) is 0 Å². The third kappa shape index (κ3) is 1.93. The average molecular weight is 198 g/mol. The highest BCUT2D eigenvalue weighted by atomic mass is 32.1. The summed E-state index contributed by atoms with van der Waals surface area (Å²) in [4.78, 5) is 0. The third-order valence-electron chi connectivity index (χ3n) is 2.61. The number of hydrogen-bond acceptors (Lipinski definition) is 3. The molecular formula is C10H14O2S. The summed E-state index contributed by atoms with van der Waals surface area (Å²) in [5, 5.41) is 13.9. The minimum atomic E-state index is -0.265. The van der Waals surface area contributed by atoms with Crippen LogP contribution in [0.2, 0.25) is 0 Å². The van der Waals surface area contributed by atoms with Crippen LogP contribution in [0.3, 0.4) is 0 Å². The quantitative estimate of drug-likeness (QED) is 0.782. The summed E-state index contributed by atoms with van der Waals surface area (Å²) in [5.74, 6) is 0.299. The van der Waals surface area contributed by atoms with Crippen LogP contribution in [0.1, 0.15) is 11.1 Å². The van der Waals surface area contributed by atoms with Crippen LogP contribution in [0.25, 0.3) is 0 Å². The molecule has 0 bridgehead atoms. The van der Waals surface area contributed by atoms with Crippen molar-refractivity contribution in [2.45, 2.75) is 19.4 Å². The van der Waals surface area contributed by atoms with E-state index in [0.29, 0.717) is 19.1 Å². The molecule has 2 heterocycles. The Balaban J connectivity index is 2.01. The Bertz CT molecular complexity index is 282. The van der Waals surface area contributed by atoms with E-state index in [9.17, 15) is 5.11 Å². The number of ether oxygens (including phenoxy) is 1. The van der Waals surface area contributed by atoms with Gasteiger partial charge in [0.1, 0.15) is 0 Å². The second-order valence-corrected chi connectivity index (χ2v) is 4.39. The Morgan fingerprint density at radius 3 is 2.92 bits per heavy atom. The Labute approximate surface area is 82.2 Å². The molecule has 1 aromatic rings. The van der Waals surface area contributed by atoms with Gasteiger partial charge in [-0.1, -0.05) is 0 Å². The Morgan fingerprint density at radius 2 is 2.38 bits per heavy atom. The first-order valence-electron chi connectivity index (χ1n) is 4.55. The first-order valence-corrected chi connectivity index (χ1v) is 5.49. The largest absolute Gasteiger partial charge is 0.390 e. The molecule has 1 saturated heterocycles. The van der Waals surface area contributed by atoms with Crippen molar-refractivity contribution in [1.29, 1.82) is 0 Å². The van der Waals surface area contributed by atoms with Crippen molar-refractivity contribution in [2.24, 2.45) is 5.92 Å². The molecule has 0 spiro atoms. The molecule has 0 radical (unpaired) electrons. The highest BCUT2D eigenvalue weighted by molar-refractivity contribution is 7.08. The monoisotopic (exact) mass is 198 g/mol. The molecule has 2 rings (SSSR count). The van der Waals surface area contributed by atoms with Gasteiger partial charge >= 0.3 is 0 Å². The Hall–Kier alpha value is -0.380. The average Bonchev–Trinajstić information content (AvgIpc) is 2.65. The van der Waals surface area contributed by atoms with Crippen LogP contribution < -0.4 is 0 Å². The molecule has 0 aliphatic carbocycles. The van der Waals surface area contributed by atoms with Crippen molar-refractivity contribution >= 4 is 11.3 Å². The van der Waals surface area contributed by atoms with Crippen molar-refractivity contribution in [3.05, 3.63) is 21.9 Å². The highest BCUT2D eigenvalue weighted by Crippen LogP contribution is 2.23. The van der Waals surface area contributed by atoms with E-state index in [4.69, 9.17) is 4.74 Å². The van der Waals surface area contributed by atoms with Crippen molar-refractivity contribution in [2.75, 3.05) is 13.2 Å². The van der Waals surface area contributed by atoms with Gasteiger partial charge in [-0.2, -0.15) is 11.3 Å². The maximum atomic E-state index is 9.56. The number of aliphatic hydroxyl groups excluding tert-OH is 1. The van der Waals surface area contributed by atoms with Crippen LogP contribution in [0.15, 0.2) is 10.8 Å². The lowest BCUT2D eigenvalue weighted by molar-refractivity contribution is 0.118. The highest BCUT2D eigenvalue weighted by Gasteiger charge is 2.26. The summed E-state index contributed by atoms with van der Waals surface area (Å²) >= 11 is 1.73. The van der Waals surface area contributed by atoms with E-state index in [0.717, 1.165) is 6.42 Å².